The highest BCUT2D eigenvalue weighted by atomic mass is 19.1. The number of nitrogens with one attached hydrogen (secondary N) is 3. The zero-order valence-electron chi connectivity index (χ0n) is 20.0. The van der Waals surface area contributed by atoms with Gasteiger partial charge in [-0.25, -0.2) is 9.18 Å². The van der Waals surface area contributed by atoms with Gasteiger partial charge in [0.05, 0.1) is 6.04 Å². The van der Waals surface area contributed by atoms with Gasteiger partial charge in [0.25, 0.3) is 5.91 Å². The smallest absolute Gasteiger partial charge is 0.315 e. The molecule has 0 saturated carbocycles. The Kier molecular flexibility index (Phi) is 7.65. The molecule has 0 unspecified atom stereocenters. The second-order valence-corrected chi connectivity index (χ2v) is 9.50. The van der Waals surface area contributed by atoms with E-state index in [9.17, 15) is 18.8 Å². The largest absolute Gasteiger partial charge is 0.350 e. The van der Waals surface area contributed by atoms with Crippen LogP contribution >= 0.6 is 0 Å². The predicted octanol–water partition coefficient (Wildman–Crippen LogP) is 2.12. The second kappa shape index (κ2) is 10.9. The summed E-state index contributed by atoms with van der Waals surface area (Å²) in [6.45, 7) is 5.28. The zero-order valence-corrected chi connectivity index (χ0v) is 20.0. The van der Waals surface area contributed by atoms with Gasteiger partial charge in [-0.05, 0) is 50.1 Å². The lowest BCUT2D eigenvalue weighted by atomic mass is 10.0. The topological polar surface area (TPSA) is 93.8 Å². The molecule has 2 aliphatic rings. The number of amides is 4. The predicted molar refractivity (Wildman–Crippen MR) is 130 cm³/mol. The molecule has 2 aromatic carbocycles. The van der Waals surface area contributed by atoms with Crippen molar-refractivity contribution in [3.05, 3.63) is 71.5 Å². The van der Waals surface area contributed by atoms with Crippen molar-refractivity contribution in [1.29, 1.82) is 0 Å². The first-order valence-electron chi connectivity index (χ1n) is 12.0. The molecule has 9 heteroatoms. The quantitative estimate of drug-likeness (QED) is 0.565. The maximum absolute atomic E-state index is 13.8. The number of fused-ring (bicyclic) bond motifs is 1. The van der Waals surface area contributed by atoms with E-state index in [1.54, 1.807) is 30.3 Å². The van der Waals surface area contributed by atoms with Crippen molar-refractivity contribution in [2.45, 2.75) is 51.0 Å². The number of urea groups is 1. The third kappa shape index (κ3) is 6.16. The minimum Gasteiger partial charge on any atom is -0.350 e. The molecule has 35 heavy (non-hydrogen) atoms. The number of nitrogens with zero attached hydrogens (tertiary/aromatic N) is 2. The standard InChI is InChI=1S/C26H32FN5O3/c1-17(2)29-26(35)30-21-12-22-16-31(14-18-7-6-10-20(27)11-18)23(25(34)32(22)15-21)13-28-24(33)19-8-4-3-5-9-19/h3-11,17,21-23H,12-16H2,1-2H3,(H,28,33)(H2,29,30,35)/t21-,22-,23-/m0/s1. The van der Waals surface area contributed by atoms with Crippen LogP contribution in [0.15, 0.2) is 54.6 Å². The summed E-state index contributed by atoms with van der Waals surface area (Å²) in [5.41, 5.74) is 1.28. The first-order chi connectivity index (χ1) is 16.8. The van der Waals surface area contributed by atoms with Crippen LogP contribution in [0.2, 0.25) is 0 Å². The van der Waals surface area contributed by atoms with Crippen LogP contribution in [0.25, 0.3) is 0 Å². The van der Waals surface area contributed by atoms with Crippen LogP contribution in [-0.2, 0) is 11.3 Å². The van der Waals surface area contributed by atoms with Crippen molar-refractivity contribution >= 4 is 17.8 Å². The molecular formula is C26H32FN5O3. The van der Waals surface area contributed by atoms with Crippen LogP contribution in [0.5, 0.6) is 0 Å². The van der Waals surface area contributed by atoms with Gasteiger partial charge < -0.3 is 20.9 Å². The Morgan fingerprint density at radius 1 is 1.09 bits per heavy atom. The van der Waals surface area contributed by atoms with E-state index in [2.05, 4.69) is 16.0 Å². The van der Waals surface area contributed by atoms with Crippen molar-refractivity contribution in [3.8, 4) is 0 Å². The monoisotopic (exact) mass is 481 g/mol. The Morgan fingerprint density at radius 2 is 1.86 bits per heavy atom. The molecule has 0 aromatic heterocycles. The fourth-order valence-corrected chi connectivity index (χ4v) is 4.84. The van der Waals surface area contributed by atoms with E-state index >= 15 is 0 Å². The minimum atomic E-state index is -0.592. The second-order valence-electron chi connectivity index (χ2n) is 9.50. The van der Waals surface area contributed by atoms with Gasteiger partial charge in [0.2, 0.25) is 5.91 Å². The summed E-state index contributed by atoms with van der Waals surface area (Å²) in [7, 11) is 0. The summed E-state index contributed by atoms with van der Waals surface area (Å²) < 4.78 is 13.8. The summed E-state index contributed by atoms with van der Waals surface area (Å²) >= 11 is 0. The SMILES string of the molecule is CC(C)NC(=O)N[C@H]1C[C@H]2CN(Cc3cccc(F)c3)[C@@H](CNC(=O)c3ccccc3)C(=O)N2C1. The average Bonchev–Trinajstić information content (AvgIpc) is 3.21. The molecule has 0 aliphatic carbocycles. The molecule has 8 nitrogen and oxygen atoms in total. The van der Waals surface area contributed by atoms with Crippen molar-refractivity contribution in [2.75, 3.05) is 19.6 Å². The molecule has 4 amide bonds. The molecule has 2 heterocycles. The number of hydrogen-bond donors (Lipinski definition) is 3. The van der Waals surface area contributed by atoms with Crippen LogP contribution in [0.4, 0.5) is 9.18 Å². The Balaban J connectivity index is 1.48. The van der Waals surface area contributed by atoms with Crippen molar-refractivity contribution in [3.63, 3.8) is 0 Å². The van der Waals surface area contributed by atoms with E-state index in [0.29, 0.717) is 31.6 Å². The van der Waals surface area contributed by atoms with Crippen molar-refractivity contribution in [2.24, 2.45) is 0 Å². The molecule has 4 rings (SSSR count). The lowest BCUT2D eigenvalue weighted by Crippen LogP contribution is -2.62. The fraction of sp³-hybridized carbons (Fsp3) is 0.423. The van der Waals surface area contributed by atoms with Crippen LogP contribution in [0, 0.1) is 5.82 Å². The van der Waals surface area contributed by atoms with Gasteiger partial charge in [-0.3, -0.25) is 14.5 Å². The molecular weight excluding hydrogens is 449 g/mol. The first-order valence-corrected chi connectivity index (χ1v) is 12.0. The number of benzene rings is 2. The Morgan fingerprint density at radius 3 is 2.57 bits per heavy atom. The molecule has 2 aromatic rings. The van der Waals surface area contributed by atoms with Crippen LogP contribution in [-0.4, -0.2) is 71.4 Å². The molecule has 2 fully saturated rings. The summed E-state index contributed by atoms with van der Waals surface area (Å²) in [6, 6.07) is 14.1. The molecule has 3 N–H and O–H groups in total. The highest BCUT2D eigenvalue weighted by molar-refractivity contribution is 5.94. The molecule has 0 spiro atoms. The van der Waals surface area contributed by atoms with Gasteiger partial charge in [-0.2, -0.15) is 0 Å². The highest BCUT2D eigenvalue weighted by Gasteiger charge is 2.45. The normalized spacial score (nSPS) is 22.1. The average molecular weight is 482 g/mol. The van der Waals surface area contributed by atoms with E-state index in [-0.39, 0.29) is 48.3 Å². The number of piperazine rings is 1. The Bertz CT molecular complexity index is 1060. The van der Waals surface area contributed by atoms with E-state index in [1.165, 1.54) is 12.1 Å². The van der Waals surface area contributed by atoms with Gasteiger partial charge in [0, 0.05) is 43.8 Å². The number of rotatable bonds is 7. The Hall–Kier alpha value is -3.46. The third-order valence-corrected chi connectivity index (χ3v) is 6.39. The van der Waals surface area contributed by atoms with Gasteiger partial charge in [-0.1, -0.05) is 30.3 Å². The van der Waals surface area contributed by atoms with Gasteiger partial charge in [0.1, 0.15) is 11.9 Å². The summed E-state index contributed by atoms with van der Waals surface area (Å²) in [5.74, 6) is -0.681. The maximum atomic E-state index is 13.8. The van der Waals surface area contributed by atoms with Gasteiger partial charge in [0.15, 0.2) is 0 Å². The zero-order chi connectivity index (χ0) is 24.9. The van der Waals surface area contributed by atoms with Gasteiger partial charge in [-0.15, -0.1) is 0 Å². The molecule has 2 aliphatic heterocycles. The summed E-state index contributed by atoms with van der Waals surface area (Å²) in [6.07, 6.45) is 0.639. The van der Waals surface area contributed by atoms with Crippen LogP contribution in [0.3, 0.4) is 0 Å². The number of halogens is 1. The van der Waals surface area contributed by atoms with Crippen LogP contribution in [0.1, 0.15) is 36.2 Å². The first kappa shape index (κ1) is 24.7. The van der Waals surface area contributed by atoms with Crippen molar-refractivity contribution in [1.82, 2.24) is 25.8 Å². The highest BCUT2D eigenvalue weighted by Crippen LogP contribution is 2.27. The van der Waals surface area contributed by atoms with E-state index in [0.717, 1.165) is 5.56 Å². The Labute approximate surface area is 204 Å². The summed E-state index contributed by atoms with van der Waals surface area (Å²) in [4.78, 5) is 42.2. The van der Waals surface area contributed by atoms with Crippen molar-refractivity contribution < 1.29 is 18.8 Å². The lowest BCUT2D eigenvalue weighted by Gasteiger charge is -2.42. The molecule has 2 saturated heterocycles. The minimum absolute atomic E-state index is 0.0139. The summed E-state index contributed by atoms with van der Waals surface area (Å²) in [5, 5.41) is 8.67. The van der Waals surface area contributed by atoms with E-state index in [4.69, 9.17) is 0 Å². The third-order valence-electron chi connectivity index (χ3n) is 6.39. The molecule has 186 valence electrons. The molecule has 3 atom stereocenters. The number of hydrogen-bond acceptors (Lipinski definition) is 4. The fourth-order valence-electron chi connectivity index (χ4n) is 4.84. The maximum Gasteiger partial charge on any atom is 0.315 e. The number of carbonyl (C=O) groups excluding carboxylic acids is 3. The number of carbonyl (C=O) groups is 3. The lowest BCUT2D eigenvalue weighted by molar-refractivity contribution is -0.143. The van der Waals surface area contributed by atoms with Crippen LogP contribution < -0.4 is 16.0 Å². The van der Waals surface area contributed by atoms with E-state index < -0.39 is 6.04 Å². The van der Waals surface area contributed by atoms with E-state index in [1.807, 2.05) is 35.8 Å². The molecule has 0 bridgehead atoms. The molecule has 0 radical (unpaired) electrons. The van der Waals surface area contributed by atoms with Gasteiger partial charge >= 0.3 is 6.03 Å².